The first-order chi connectivity index (χ1) is 12.2. The van der Waals surface area contributed by atoms with Crippen LogP contribution in [0.25, 0.3) is 0 Å². The third-order valence-electron chi connectivity index (χ3n) is 4.22. The molecule has 1 aliphatic heterocycles. The average molecular weight is 356 g/mol. The summed E-state index contributed by atoms with van der Waals surface area (Å²) in [6, 6.07) is 0. The molecule has 144 valence electrons. The number of carbonyl (C=O) groups is 1. The number of ether oxygens (including phenoxy) is 1. The fraction of sp³-hybridized carbons (Fsp3) is 0.737. The van der Waals surface area contributed by atoms with E-state index in [1.165, 1.54) is 13.5 Å². The zero-order chi connectivity index (χ0) is 18.3. The van der Waals surface area contributed by atoms with E-state index in [0.717, 1.165) is 38.5 Å². The van der Waals surface area contributed by atoms with Gasteiger partial charge in [0.25, 0.3) is 0 Å². The van der Waals surface area contributed by atoms with Crippen molar-refractivity contribution in [3.8, 4) is 0 Å². The van der Waals surface area contributed by atoms with E-state index in [2.05, 4.69) is 21.8 Å². The Morgan fingerprint density at radius 2 is 1.92 bits per heavy atom. The standard InChI is InChI=1S/C19H32O6/c1-3-17(23-21)18-15-14-16(24-25-18)12-10-8-6-4-5-7-9-11-13-19(20)22-2/h8,10,14-18,21H,3-7,9,11-13H2,1-2H3/b10-8+. The van der Waals surface area contributed by atoms with E-state index < -0.39 is 6.10 Å². The third-order valence-corrected chi connectivity index (χ3v) is 4.22. The third kappa shape index (κ3) is 9.75. The van der Waals surface area contributed by atoms with Gasteiger partial charge in [0.05, 0.1) is 7.11 Å². The number of methoxy groups -OCH3 is 1. The lowest BCUT2D eigenvalue weighted by molar-refractivity contribution is -0.381. The van der Waals surface area contributed by atoms with Gasteiger partial charge in [-0.25, -0.2) is 14.7 Å². The van der Waals surface area contributed by atoms with Gasteiger partial charge in [-0.15, -0.1) is 0 Å². The first-order valence-electron chi connectivity index (χ1n) is 9.23. The minimum Gasteiger partial charge on any atom is -0.469 e. The van der Waals surface area contributed by atoms with E-state index in [0.29, 0.717) is 12.8 Å². The maximum Gasteiger partial charge on any atom is 0.305 e. The van der Waals surface area contributed by atoms with Crippen LogP contribution in [0.3, 0.4) is 0 Å². The van der Waals surface area contributed by atoms with Crippen LogP contribution in [0.15, 0.2) is 24.3 Å². The summed E-state index contributed by atoms with van der Waals surface area (Å²) in [5, 5.41) is 8.77. The molecule has 3 unspecified atom stereocenters. The largest absolute Gasteiger partial charge is 0.469 e. The van der Waals surface area contributed by atoms with Crippen molar-refractivity contribution in [3.63, 3.8) is 0 Å². The van der Waals surface area contributed by atoms with Gasteiger partial charge in [-0.1, -0.05) is 50.5 Å². The molecule has 0 bridgehead atoms. The Morgan fingerprint density at radius 1 is 1.16 bits per heavy atom. The zero-order valence-corrected chi connectivity index (χ0v) is 15.4. The van der Waals surface area contributed by atoms with Gasteiger partial charge in [-0.05, 0) is 32.1 Å². The molecule has 0 radical (unpaired) electrons. The van der Waals surface area contributed by atoms with Crippen LogP contribution in [0.4, 0.5) is 0 Å². The van der Waals surface area contributed by atoms with Gasteiger partial charge in [0.2, 0.25) is 0 Å². The average Bonchev–Trinajstić information content (AvgIpc) is 2.65. The van der Waals surface area contributed by atoms with Gasteiger partial charge in [0, 0.05) is 6.42 Å². The zero-order valence-electron chi connectivity index (χ0n) is 15.4. The molecule has 0 aliphatic carbocycles. The number of unbranched alkanes of at least 4 members (excludes halogenated alkanes) is 5. The predicted molar refractivity (Wildman–Crippen MR) is 94.8 cm³/mol. The van der Waals surface area contributed by atoms with E-state index in [4.69, 9.17) is 15.0 Å². The number of hydrogen-bond donors (Lipinski definition) is 1. The van der Waals surface area contributed by atoms with E-state index in [9.17, 15) is 4.79 Å². The van der Waals surface area contributed by atoms with Crippen molar-refractivity contribution in [2.24, 2.45) is 0 Å². The van der Waals surface area contributed by atoms with Crippen molar-refractivity contribution in [2.75, 3.05) is 7.11 Å². The van der Waals surface area contributed by atoms with Crippen LogP contribution in [0, 0.1) is 0 Å². The lowest BCUT2D eigenvalue weighted by Crippen LogP contribution is -2.33. The highest BCUT2D eigenvalue weighted by Crippen LogP contribution is 2.18. The smallest absolute Gasteiger partial charge is 0.305 e. The molecule has 0 saturated carbocycles. The molecule has 0 aromatic heterocycles. The second kappa shape index (κ2) is 14.0. The molecule has 1 aliphatic rings. The quantitative estimate of drug-likeness (QED) is 0.174. The summed E-state index contributed by atoms with van der Waals surface area (Å²) in [6.45, 7) is 1.91. The molecule has 0 saturated heterocycles. The summed E-state index contributed by atoms with van der Waals surface area (Å²) >= 11 is 0. The number of allylic oxidation sites excluding steroid dienone is 1. The lowest BCUT2D eigenvalue weighted by Gasteiger charge is -2.25. The monoisotopic (exact) mass is 356 g/mol. The van der Waals surface area contributed by atoms with Crippen LogP contribution >= 0.6 is 0 Å². The molecule has 6 heteroatoms. The second-order valence-corrected chi connectivity index (χ2v) is 6.22. The fourth-order valence-electron chi connectivity index (χ4n) is 2.62. The van der Waals surface area contributed by atoms with Crippen LogP contribution < -0.4 is 0 Å². The SMILES string of the molecule is CCC(OO)C1C=CC(C/C=C/CCCCCCCC(=O)OC)OO1. The van der Waals surface area contributed by atoms with Crippen LogP contribution in [-0.2, 0) is 24.2 Å². The lowest BCUT2D eigenvalue weighted by atomic mass is 10.1. The highest BCUT2D eigenvalue weighted by atomic mass is 17.2. The first kappa shape index (κ1) is 21.8. The van der Waals surface area contributed by atoms with Crippen molar-refractivity contribution in [1.29, 1.82) is 0 Å². The highest BCUT2D eigenvalue weighted by Gasteiger charge is 2.25. The first-order valence-corrected chi connectivity index (χ1v) is 9.23. The summed E-state index contributed by atoms with van der Waals surface area (Å²) in [5.41, 5.74) is 0. The van der Waals surface area contributed by atoms with Gasteiger partial charge in [-0.2, -0.15) is 0 Å². The molecule has 6 nitrogen and oxygen atoms in total. The molecule has 0 amide bonds. The molecule has 0 fully saturated rings. The minimum absolute atomic E-state index is 0.0954. The summed E-state index contributed by atoms with van der Waals surface area (Å²) in [5.74, 6) is -0.119. The molecule has 0 aromatic rings. The molecule has 1 heterocycles. The van der Waals surface area contributed by atoms with Crippen molar-refractivity contribution < 1.29 is 29.5 Å². The Bertz CT molecular complexity index is 403. The van der Waals surface area contributed by atoms with E-state index in [1.807, 2.05) is 19.1 Å². The second-order valence-electron chi connectivity index (χ2n) is 6.22. The fourth-order valence-corrected chi connectivity index (χ4v) is 2.62. The molecular formula is C19H32O6. The van der Waals surface area contributed by atoms with E-state index >= 15 is 0 Å². The number of carbonyl (C=O) groups excluding carboxylic acids is 1. The van der Waals surface area contributed by atoms with E-state index in [-0.39, 0.29) is 18.2 Å². The predicted octanol–water partition coefficient (Wildman–Crippen LogP) is 4.36. The normalized spacial score (nSPS) is 21.6. The van der Waals surface area contributed by atoms with Crippen molar-refractivity contribution >= 4 is 5.97 Å². The summed E-state index contributed by atoms with van der Waals surface area (Å²) < 4.78 is 4.61. The molecule has 25 heavy (non-hydrogen) atoms. The molecule has 1 N–H and O–H groups in total. The number of hydrogen-bond acceptors (Lipinski definition) is 6. The Morgan fingerprint density at radius 3 is 2.56 bits per heavy atom. The molecule has 1 rings (SSSR count). The summed E-state index contributed by atoms with van der Waals surface area (Å²) in [7, 11) is 1.43. The van der Waals surface area contributed by atoms with Gasteiger partial charge >= 0.3 is 5.97 Å². The van der Waals surface area contributed by atoms with Crippen LogP contribution in [0.5, 0.6) is 0 Å². The van der Waals surface area contributed by atoms with Crippen molar-refractivity contribution in [1.82, 2.24) is 0 Å². The number of rotatable bonds is 13. The van der Waals surface area contributed by atoms with Crippen molar-refractivity contribution in [3.05, 3.63) is 24.3 Å². The highest BCUT2D eigenvalue weighted by molar-refractivity contribution is 5.68. The Balaban J connectivity index is 2.02. The summed E-state index contributed by atoms with van der Waals surface area (Å²) in [4.78, 5) is 25.9. The Labute approximate surface area is 150 Å². The molecule has 0 aromatic carbocycles. The van der Waals surface area contributed by atoms with Gasteiger partial charge in [-0.3, -0.25) is 10.1 Å². The van der Waals surface area contributed by atoms with Gasteiger partial charge in [0.1, 0.15) is 18.3 Å². The Kier molecular flexibility index (Phi) is 12.2. The van der Waals surface area contributed by atoms with Crippen LogP contribution in [0.1, 0.15) is 64.7 Å². The topological polar surface area (TPSA) is 74.2 Å². The van der Waals surface area contributed by atoms with Crippen molar-refractivity contribution in [2.45, 2.75) is 83.0 Å². The maximum atomic E-state index is 11.0. The van der Waals surface area contributed by atoms with Gasteiger partial charge in [0.15, 0.2) is 0 Å². The van der Waals surface area contributed by atoms with Crippen LogP contribution in [-0.4, -0.2) is 36.6 Å². The number of esters is 1. The Hall–Kier alpha value is -1.21. The maximum absolute atomic E-state index is 11.0. The molecular weight excluding hydrogens is 324 g/mol. The molecule has 3 atom stereocenters. The van der Waals surface area contributed by atoms with E-state index in [1.54, 1.807) is 0 Å². The minimum atomic E-state index is -0.402. The molecule has 0 spiro atoms. The van der Waals surface area contributed by atoms with Gasteiger partial charge < -0.3 is 4.74 Å². The summed E-state index contributed by atoms with van der Waals surface area (Å²) in [6.07, 6.45) is 15.7. The van der Waals surface area contributed by atoms with Crippen LogP contribution in [0.2, 0.25) is 0 Å².